The van der Waals surface area contributed by atoms with Gasteiger partial charge in [-0.3, -0.25) is 9.78 Å². The van der Waals surface area contributed by atoms with Crippen LogP contribution in [0.4, 0.5) is 5.69 Å². The minimum absolute atomic E-state index is 0.141. The summed E-state index contributed by atoms with van der Waals surface area (Å²) in [6, 6.07) is 11.1. The molecule has 1 aromatic heterocycles. The van der Waals surface area contributed by atoms with Gasteiger partial charge < -0.3 is 5.32 Å². The van der Waals surface area contributed by atoms with Crippen molar-refractivity contribution in [2.45, 2.75) is 13.8 Å². The summed E-state index contributed by atoms with van der Waals surface area (Å²) in [7, 11) is 0. The van der Waals surface area contributed by atoms with Crippen LogP contribution in [0, 0.1) is 13.8 Å². The van der Waals surface area contributed by atoms with Gasteiger partial charge in [0, 0.05) is 15.9 Å². The van der Waals surface area contributed by atoms with Crippen LogP contribution in [0.1, 0.15) is 21.7 Å². The summed E-state index contributed by atoms with van der Waals surface area (Å²) >= 11 is 3.37. The van der Waals surface area contributed by atoms with E-state index in [0.29, 0.717) is 5.56 Å². The number of carbonyl (C=O) groups is 1. The number of pyridine rings is 1. The molecule has 1 N–H and O–H groups in total. The molecule has 1 aromatic carbocycles. The third kappa shape index (κ3) is 2.96. The van der Waals surface area contributed by atoms with Crippen molar-refractivity contribution in [1.82, 2.24) is 4.98 Å². The molecule has 0 unspecified atom stereocenters. The van der Waals surface area contributed by atoms with Crippen LogP contribution in [0.2, 0.25) is 0 Å². The highest BCUT2D eigenvalue weighted by atomic mass is 79.9. The van der Waals surface area contributed by atoms with Gasteiger partial charge in [-0.1, -0.05) is 22.0 Å². The first-order valence-corrected chi connectivity index (χ1v) is 6.37. The average molecular weight is 305 g/mol. The van der Waals surface area contributed by atoms with Gasteiger partial charge in [0.25, 0.3) is 5.91 Å². The molecule has 92 valence electrons. The second-order valence-electron chi connectivity index (χ2n) is 4.05. The molecule has 0 bridgehead atoms. The van der Waals surface area contributed by atoms with Gasteiger partial charge in [0.1, 0.15) is 0 Å². The van der Waals surface area contributed by atoms with Crippen LogP contribution < -0.4 is 5.32 Å². The van der Waals surface area contributed by atoms with E-state index in [1.54, 1.807) is 6.07 Å². The summed E-state index contributed by atoms with van der Waals surface area (Å²) in [5, 5.41) is 2.85. The van der Waals surface area contributed by atoms with E-state index in [-0.39, 0.29) is 5.91 Å². The molecule has 1 heterocycles. The Labute approximate surface area is 114 Å². The topological polar surface area (TPSA) is 42.0 Å². The van der Waals surface area contributed by atoms with E-state index in [9.17, 15) is 4.79 Å². The van der Waals surface area contributed by atoms with Crippen LogP contribution in [-0.4, -0.2) is 10.9 Å². The Morgan fingerprint density at radius 1 is 1.22 bits per heavy atom. The molecule has 0 atom stereocenters. The second-order valence-corrected chi connectivity index (χ2v) is 4.97. The lowest BCUT2D eigenvalue weighted by Gasteiger charge is -2.08. The van der Waals surface area contributed by atoms with Gasteiger partial charge in [0.2, 0.25) is 0 Å². The molecule has 0 aliphatic rings. The second kappa shape index (κ2) is 5.31. The third-order valence-corrected chi connectivity index (χ3v) is 3.05. The van der Waals surface area contributed by atoms with Gasteiger partial charge in [-0.2, -0.15) is 0 Å². The Hall–Kier alpha value is -1.68. The van der Waals surface area contributed by atoms with E-state index < -0.39 is 0 Å². The van der Waals surface area contributed by atoms with Crippen LogP contribution in [0.3, 0.4) is 0 Å². The van der Waals surface area contributed by atoms with E-state index in [1.807, 2.05) is 44.2 Å². The molecule has 0 fully saturated rings. The molecule has 0 aliphatic heterocycles. The van der Waals surface area contributed by atoms with Crippen molar-refractivity contribution in [3.05, 3.63) is 57.8 Å². The molecule has 0 saturated heterocycles. The number of amides is 1. The Balaban J connectivity index is 2.22. The third-order valence-electron chi connectivity index (χ3n) is 2.55. The Morgan fingerprint density at radius 3 is 2.67 bits per heavy atom. The zero-order valence-electron chi connectivity index (χ0n) is 10.2. The SMILES string of the molecule is Cc1ccc(C(=O)Nc2cccc(Br)c2)c(C)n1. The van der Waals surface area contributed by atoms with Crippen LogP contribution in [-0.2, 0) is 0 Å². The molecular weight excluding hydrogens is 292 g/mol. The van der Waals surface area contributed by atoms with Crippen molar-refractivity contribution in [1.29, 1.82) is 0 Å². The molecule has 0 radical (unpaired) electrons. The number of aryl methyl sites for hydroxylation is 2. The van der Waals surface area contributed by atoms with Crippen molar-refractivity contribution in [2.75, 3.05) is 5.32 Å². The standard InChI is InChI=1S/C14H13BrN2O/c1-9-6-7-13(10(2)16-9)14(18)17-12-5-3-4-11(15)8-12/h3-8H,1-2H3,(H,17,18). The van der Waals surface area contributed by atoms with Gasteiger partial charge in [-0.25, -0.2) is 0 Å². The fourth-order valence-electron chi connectivity index (χ4n) is 1.69. The van der Waals surface area contributed by atoms with E-state index in [1.165, 1.54) is 0 Å². The van der Waals surface area contributed by atoms with Gasteiger partial charge >= 0.3 is 0 Å². The number of carbonyl (C=O) groups excluding carboxylic acids is 1. The number of halogens is 1. The highest BCUT2D eigenvalue weighted by Gasteiger charge is 2.10. The highest BCUT2D eigenvalue weighted by molar-refractivity contribution is 9.10. The predicted octanol–water partition coefficient (Wildman–Crippen LogP) is 3.71. The summed E-state index contributed by atoms with van der Waals surface area (Å²) in [5.74, 6) is -0.141. The van der Waals surface area contributed by atoms with Crippen molar-refractivity contribution < 1.29 is 4.79 Å². The number of hydrogen-bond acceptors (Lipinski definition) is 2. The van der Waals surface area contributed by atoms with E-state index in [2.05, 4.69) is 26.2 Å². The molecule has 3 nitrogen and oxygen atoms in total. The maximum Gasteiger partial charge on any atom is 0.257 e. The first-order chi connectivity index (χ1) is 8.56. The lowest BCUT2D eigenvalue weighted by atomic mass is 10.1. The van der Waals surface area contributed by atoms with Gasteiger partial charge in [-0.05, 0) is 44.2 Å². The average Bonchev–Trinajstić information content (AvgIpc) is 2.28. The number of nitrogens with zero attached hydrogens (tertiary/aromatic N) is 1. The van der Waals surface area contributed by atoms with Crippen molar-refractivity contribution in [3.63, 3.8) is 0 Å². The zero-order valence-corrected chi connectivity index (χ0v) is 11.8. The predicted molar refractivity (Wildman–Crippen MR) is 75.8 cm³/mol. The summed E-state index contributed by atoms with van der Waals surface area (Å²) in [4.78, 5) is 16.4. The number of benzene rings is 1. The minimum atomic E-state index is -0.141. The molecule has 0 saturated carbocycles. The van der Waals surface area contributed by atoms with Gasteiger partial charge in [0.15, 0.2) is 0 Å². The largest absolute Gasteiger partial charge is 0.322 e. The maximum atomic E-state index is 12.1. The van der Waals surface area contributed by atoms with Gasteiger partial charge in [0.05, 0.1) is 11.3 Å². The number of anilines is 1. The summed E-state index contributed by atoms with van der Waals surface area (Å²) in [6.07, 6.45) is 0. The van der Waals surface area contributed by atoms with Crippen LogP contribution in [0.15, 0.2) is 40.9 Å². The summed E-state index contributed by atoms with van der Waals surface area (Å²) in [5.41, 5.74) is 3.00. The van der Waals surface area contributed by atoms with Crippen LogP contribution in [0.5, 0.6) is 0 Å². The molecule has 2 rings (SSSR count). The minimum Gasteiger partial charge on any atom is -0.322 e. The van der Waals surface area contributed by atoms with Crippen molar-refractivity contribution in [3.8, 4) is 0 Å². The van der Waals surface area contributed by atoms with Crippen LogP contribution >= 0.6 is 15.9 Å². The molecule has 18 heavy (non-hydrogen) atoms. The van der Waals surface area contributed by atoms with Gasteiger partial charge in [-0.15, -0.1) is 0 Å². The lowest BCUT2D eigenvalue weighted by Crippen LogP contribution is -2.14. The zero-order chi connectivity index (χ0) is 13.1. The highest BCUT2D eigenvalue weighted by Crippen LogP contribution is 2.17. The fraction of sp³-hybridized carbons (Fsp3) is 0.143. The summed E-state index contributed by atoms with van der Waals surface area (Å²) < 4.78 is 0.930. The molecule has 0 spiro atoms. The number of hydrogen-bond donors (Lipinski definition) is 1. The van der Waals surface area contributed by atoms with E-state index in [4.69, 9.17) is 0 Å². The number of aromatic nitrogens is 1. The first kappa shape index (κ1) is 12.8. The molecule has 1 amide bonds. The summed E-state index contributed by atoms with van der Waals surface area (Å²) in [6.45, 7) is 3.74. The lowest BCUT2D eigenvalue weighted by molar-refractivity contribution is 0.102. The van der Waals surface area contributed by atoms with E-state index >= 15 is 0 Å². The van der Waals surface area contributed by atoms with E-state index in [0.717, 1.165) is 21.5 Å². The molecule has 4 heteroatoms. The molecular formula is C14H13BrN2O. The van der Waals surface area contributed by atoms with Crippen LogP contribution in [0.25, 0.3) is 0 Å². The van der Waals surface area contributed by atoms with Crippen molar-refractivity contribution in [2.24, 2.45) is 0 Å². The quantitative estimate of drug-likeness (QED) is 0.919. The Bertz CT molecular complexity index is 596. The first-order valence-electron chi connectivity index (χ1n) is 5.57. The smallest absolute Gasteiger partial charge is 0.257 e. The molecule has 2 aromatic rings. The Kier molecular flexibility index (Phi) is 3.77. The molecule has 0 aliphatic carbocycles. The monoisotopic (exact) mass is 304 g/mol. The fourth-order valence-corrected chi connectivity index (χ4v) is 2.09. The maximum absolute atomic E-state index is 12.1. The number of nitrogens with one attached hydrogen (secondary N) is 1. The Morgan fingerprint density at radius 2 is 2.00 bits per heavy atom. The normalized spacial score (nSPS) is 10.2. The number of rotatable bonds is 2. The van der Waals surface area contributed by atoms with Crippen molar-refractivity contribution >= 4 is 27.5 Å².